The zero-order chi connectivity index (χ0) is 25.8. The number of amides is 1. The highest BCUT2D eigenvalue weighted by molar-refractivity contribution is 6.32. The molecule has 0 radical (unpaired) electrons. The number of carbonyl (C=O) groups excluding carboxylic acids is 1. The highest BCUT2D eigenvalue weighted by atomic mass is 35.5. The Bertz CT molecular complexity index is 1440. The topological polar surface area (TPSA) is 76.6 Å². The van der Waals surface area contributed by atoms with E-state index in [2.05, 4.69) is 21.9 Å². The van der Waals surface area contributed by atoms with Crippen molar-refractivity contribution in [1.82, 2.24) is 14.9 Å². The van der Waals surface area contributed by atoms with E-state index < -0.39 is 0 Å². The normalized spacial score (nSPS) is 13.8. The van der Waals surface area contributed by atoms with Crippen LogP contribution >= 0.6 is 11.6 Å². The van der Waals surface area contributed by atoms with Crippen molar-refractivity contribution in [2.75, 3.05) is 18.4 Å². The number of hydrogen-bond acceptors (Lipinski definition) is 6. The van der Waals surface area contributed by atoms with Gasteiger partial charge >= 0.3 is 0 Å². The van der Waals surface area contributed by atoms with Crippen LogP contribution in [0.25, 0.3) is 10.9 Å². The van der Waals surface area contributed by atoms with Crippen LogP contribution in [0.4, 0.5) is 15.9 Å². The molecule has 188 valence electrons. The summed E-state index contributed by atoms with van der Waals surface area (Å²) in [5.74, 6) is 1.85. The molecule has 37 heavy (non-hydrogen) atoms. The van der Waals surface area contributed by atoms with Gasteiger partial charge in [-0.3, -0.25) is 4.79 Å². The van der Waals surface area contributed by atoms with E-state index in [4.69, 9.17) is 21.1 Å². The van der Waals surface area contributed by atoms with Gasteiger partial charge in [0.25, 0.3) is 0 Å². The predicted molar refractivity (Wildman–Crippen MR) is 141 cm³/mol. The van der Waals surface area contributed by atoms with Gasteiger partial charge in [-0.05, 0) is 66.7 Å². The lowest BCUT2D eigenvalue weighted by Gasteiger charge is -2.31. The lowest BCUT2D eigenvalue weighted by molar-refractivity contribution is -0.127. The van der Waals surface area contributed by atoms with Gasteiger partial charge in [-0.15, -0.1) is 0 Å². The smallest absolute Gasteiger partial charge is 0.245 e. The first-order chi connectivity index (χ1) is 18.0. The summed E-state index contributed by atoms with van der Waals surface area (Å²) in [5, 5.41) is 4.47. The van der Waals surface area contributed by atoms with E-state index in [1.807, 2.05) is 24.3 Å². The third kappa shape index (κ3) is 5.81. The van der Waals surface area contributed by atoms with Crippen LogP contribution in [0.5, 0.6) is 17.2 Å². The summed E-state index contributed by atoms with van der Waals surface area (Å²) in [6.07, 6.45) is 4.35. The number of carbonyl (C=O) groups is 1. The molecule has 1 aliphatic rings. The molecule has 0 bridgehead atoms. The number of anilines is 2. The maximum atomic E-state index is 13.1. The predicted octanol–water partition coefficient (Wildman–Crippen LogP) is 6.51. The fourth-order valence-corrected chi connectivity index (χ4v) is 4.37. The number of halogens is 2. The minimum atomic E-state index is -0.339. The Morgan fingerprint density at radius 1 is 1.05 bits per heavy atom. The number of nitrogens with one attached hydrogen (secondary N) is 1. The van der Waals surface area contributed by atoms with Crippen molar-refractivity contribution in [2.45, 2.75) is 18.9 Å². The summed E-state index contributed by atoms with van der Waals surface area (Å²) in [4.78, 5) is 22.4. The maximum Gasteiger partial charge on any atom is 0.245 e. The average molecular weight is 519 g/mol. The van der Waals surface area contributed by atoms with E-state index in [1.54, 1.807) is 17.0 Å². The molecule has 1 aromatic heterocycles. The number of aromatic nitrogens is 2. The number of benzene rings is 3. The molecular formula is C28H24ClFN4O3. The second-order valence-corrected chi connectivity index (χ2v) is 8.98. The quantitative estimate of drug-likeness (QED) is 0.281. The average Bonchev–Trinajstić information content (AvgIpc) is 2.92. The Labute approximate surface area is 218 Å². The lowest BCUT2D eigenvalue weighted by Crippen LogP contribution is -2.41. The van der Waals surface area contributed by atoms with Crippen LogP contribution < -0.4 is 14.8 Å². The molecule has 1 amide bonds. The van der Waals surface area contributed by atoms with E-state index in [0.29, 0.717) is 46.9 Å². The van der Waals surface area contributed by atoms with E-state index in [-0.39, 0.29) is 17.8 Å². The number of likely N-dealkylation sites (tertiary alicyclic amines) is 1. The minimum absolute atomic E-state index is 0.0137. The molecule has 1 N–H and O–H groups in total. The molecule has 0 atom stereocenters. The first kappa shape index (κ1) is 24.5. The molecule has 5 rings (SSSR count). The highest BCUT2D eigenvalue weighted by Crippen LogP contribution is 2.34. The van der Waals surface area contributed by atoms with Gasteiger partial charge in [0, 0.05) is 37.0 Å². The number of hydrogen-bond donors (Lipinski definition) is 1. The maximum absolute atomic E-state index is 13.1. The van der Waals surface area contributed by atoms with E-state index in [9.17, 15) is 9.18 Å². The summed E-state index contributed by atoms with van der Waals surface area (Å²) >= 11 is 6.45. The molecule has 9 heteroatoms. The SMILES string of the molecule is C=CC(=O)N1CCC(Oc2ccc3ncnc(Nc4ccc(Oc5ccc(F)cc5)c(Cl)c4)c3c2)CC1. The van der Waals surface area contributed by atoms with Crippen molar-refractivity contribution in [1.29, 1.82) is 0 Å². The van der Waals surface area contributed by atoms with Crippen molar-refractivity contribution < 1.29 is 18.7 Å². The van der Waals surface area contributed by atoms with Crippen LogP contribution in [-0.4, -0.2) is 40.0 Å². The number of nitrogens with zero attached hydrogens (tertiary/aromatic N) is 3. The van der Waals surface area contributed by atoms with Crippen LogP contribution in [0, 0.1) is 5.82 Å². The molecule has 0 saturated carbocycles. The molecule has 0 spiro atoms. The zero-order valence-corrected chi connectivity index (χ0v) is 20.6. The van der Waals surface area contributed by atoms with Crippen molar-refractivity contribution in [3.63, 3.8) is 0 Å². The second-order valence-electron chi connectivity index (χ2n) is 8.57. The van der Waals surface area contributed by atoms with Crippen LogP contribution in [0.2, 0.25) is 5.02 Å². The standard InChI is InChI=1S/C28H24ClFN4O3/c1-2-27(35)34-13-11-21(12-14-34)36-22-8-9-25-23(16-22)28(32-17-31-25)33-19-5-10-26(24(29)15-19)37-20-6-3-18(30)4-7-20/h2-10,15-17,21H,1,11-14H2,(H,31,32,33). The molecule has 2 heterocycles. The van der Waals surface area contributed by atoms with Crippen molar-refractivity contribution >= 4 is 39.9 Å². The summed E-state index contributed by atoms with van der Waals surface area (Å²) < 4.78 is 25.1. The molecule has 1 fully saturated rings. The molecule has 1 saturated heterocycles. The van der Waals surface area contributed by atoms with Crippen molar-refractivity contribution in [3.05, 3.63) is 90.5 Å². The van der Waals surface area contributed by atoms with Crippen LogP contribution in [0.3, 0.4) is 0 Å². The number of piperidine rings is 1. The van der Waals surface area contributed by atoms with E-state index in [1.165, 1.54) is 36.7 Å². The highest BCUT2D eigenvalue weighted by Gasteiger charge is 2.22. The Balaban J connectivity index is 1.30. The monoisotopic (exact) mass is 518 g/mol. The first-order valence-corrected chi connectivity index (χ1v) is 12.2. The van der Waals surface area contributed by atoms with Gasteiger partial charge in [-0.2, -0.15) is 0 Å². The fourth-order valence-electron chi connectivity index (χ4n) is 4.15. The zero-order valence-electron chi connectivity index (χ0n) is 19.9. The lowest BCUT2D eigenvalue weighted by atomic mass is 10.1. The molecule has 0 unspecified atom stereocenters. The van der Waals surface area contributed by atoms with Gasteiger partial charge in [0.2, 0.25) is 5.91 Å². The minimum Gasteiger partial charge on any atom is -0.490 e. The molecule has 1 aliphatic heterocycles. The van der Waals surface area contributed by atoms with Gasteiger partial charge in [0.1, 0.15) is 41.3 Å². The van der Waals surface area contributed by atoms with Gasteiger partial charge in [0.15, 0.2) is 0 Å². The van der Waals surface area contributed by atoms with Gasteiger partial charge in [-0.25, -0.2) is 14.4 Å². The first-order valence-electron chi connectivity index (χ1n) is 11.8. The van der Waals surface area contributed by atoms with Crippen LogP contribution in [0.1, 0.15) is 12.8 Å². The third-order valence-corrected chi connectivity index (χ3v) is 6.37. The molecule has 4 aromatic rings. The molecule has 7 nitrogen and oxygen atoms in total. The summed E-state index contributed by atoms with van der Waals surface area (Å²) in [6.45, 7) is 4.83. The van der Waals surface area contributed by atoms with Crippen molar-refractivity contribution in [3.8, 4) is 17.2 Å². The summed E-state index contributed by atoms with van der Waals surface area (Å²) in [7, 11) is 0. The van der Waals surface area contributed by atoms with E-state index in [0.717, 1.165) is 23.7 Å². The molecule has 3 aromatic carbocycles. The molecular weight excluding hydrogens is 495 g/mol. The Kier molecular flexibility index (Phi) is 7.18. The summed E-state index contributed by atoms with van der Waals surface area (Å²) in [5.41, 5.74) is 1.47. The third-order valence-electron chi connectivity index (χ3n) is 6.07. The number of fused-ring (bicyclic) bond motifs is 1. The summed E-state index contributed by atoms with van der Waals surface area (Å²) in [6, 6.07) is 16.7. The Morgan fingerprint density at radius 3 is 2.54 bits per heavy atom. The number of rotatable bonds is 7. The largest absolute Gasteiger partial charge is 0.490 e. The van der Waals surface area contributed by atoms with Gasteiger partial charge < -0.3 is 19.7 Å². The van der Waals surface area contributed by atoms with Crippen LogP contribution in [0.15, 0.2) is 79.6 Å². The van der Waals surface area contributed by atoms with Crippen LogP contribution in [-0.2, 0) is 4.79 Å². The Hall–Kier alpha value is -4.17. The Morgan fingerprint density at radius 2 is 1.81 bits per heavy atom. The number of ether oxygens (including phenoxy) is 2. The molecule has 0 aliphatic carbocycles. The van der Waals surface area contributed by atoms with Gasteiger partial charge in [0.05, 0.1) is 10.5 Å². The van der Waals surface area contributed by atoms with Gasteiger partial charge in [-0.1, -0.05) is 18.2 Å². The fraction of sp³-hybridized carbons (Fsp3) is 0.179. The van der Waals surface area contributed by atoms with E-state index >= 15 is 0 Å². The van der Waals surface area contributed by atoms with Crippen molar-refractivity contribution in [2.24, 2.45) is 0 Å². The second kappa shape index (κ2) is 10.8.